The Balaban J connectivity index is 2.02. The largest absolute Gasteiger partial charge is 0.333 e. The van der Waals surface area contributed by atoms with Crippen molar-refractivity contribution in [2.45, 2.75) is 39.2 Å². The Hall–Kier alpha value is -2.24. The number of aryl methyl sites for hydroxylation is 2. The van der Waals surface area contributed by atoms with Crippen LogP contribution in [0.15, 0.2) is 18.3 Å². The fourth-order valence-electron chi connectivity index (χ4n) is 3.07. The van der Waals surface area contributed by atoms with Gasteiger partial charge in [-0.3, -0.25) is 9.48 Å². The van der Waals surface area contributed by atoms with Crippen molar-refractivity contribution in [3.63, 3.8) is 0 Å². The molecule has 2 aromatic rings. The normalized spacial score (nSPS) is 18.5. The van der Waals surface area contributed by atoms with Crippen LogP contribution in [0.3, 0.4) is 0 Å². The lowest BCUT2D eigenvalue weighted by Gasteiger charge is -2.34. The first kappa shape index (κ1) is 14.7. The Labute approximate surface area is 130 Å². The lowest BCUT2D eigenvalue weighted by Crippen LogP contribution is -2.37. The first-order valence-electron chi connectivity index (χ1n) is 7.67. The molecular formula is C16H21N5O. The molecule has 0 aromatic carbocycles. The van der Waals surface area contributed by atoms with Crippen LogP contribution in [0.1, 0.15) is 43.7 Å². The van der Waals surface area contributed by atoms with Crippen molar-refractivity contribution >= 4 is 5.91 Å². The minimum absolute atomic E-state index is 0.0156. The number of carbonyl (C=O) groups excluding carboxylic acids is 1. The van der Waals surface area contributed by atoms with Crippen molar-refractivity contribution < 1.29 is 4.79 Å². The number of likely N-dealkylation sites (tertiary alicyclic amines) is 1. The number of hydrogen-bond acceptors (Lipinski definition) is 4. The summed E-state index contributed by atoms with van der Waals surface area (Å²) in [5, 5.41) is 4.20. The van der Waals surface area contributed by atoms with Gasteiger partial charge in [-0.05, 0) is 38.3 Å². The quantitative estimate of drug-likeness (QED) is 0.853. The van der Waals surface area contributed by atoms with Gasteiger partial charge in [0.2, 0.25) is 5.91 Å². The van der Waals surface area contributed by atoms with Gasteiger partial charge in [0.15, 0.2) is 5.82 Å². The Morgan fingerprint density at radius 2 is 2.14 bits per heavy atom. The molecule has 0 unspecified atom stereocenters. The molecule has 1 amide bonds. The molecule has 1 saturated heterocycles. The average molecular weight is 299 g/mol. The summed E-state index contributed by atoms with van der Waals surface area (Å²) in [5.74, 6) is 0.836. The van der Waals surface area contributed by atoms with E-state index >= 15 is 0 Å². The Morgan fingerprint density at radius 1 is 1.32 bits per heavy atom. The van der Waals surface area contributed by atoms with Gasteiger partial charge in [-0.1, -0.05) is 0 Å². The highest BCUT2D eigenvalue weighted by Crippen LogP contribution is 2.30. The van der Waals surface area contributed by atoms with Crippen LogP contribution < -0.4 is 0 Å². The van der Waals surface area contributed by atoms with Crippen LogP contribution in [0.2, 0.25) is 0 Å². The number of piperidine rings is 1. The first-order valence-corrected chi connectivity index (χ1v) is 7.67. The van der Waals surface area contributed by atoms with E-state index in [9.17, 15) is 4.79 Å². The molecule has 2 aromatic heterocycles. The minimum atomic E-state index is -0.0156. The highest BCUT2D eigenvalue weighted by atomic mass is 16.2. The van der Waals surface area contributed by atoms with Gasteiger partial charge in [-0.25, -0.2) is 9.97 Å². The van der Waals surface area contributed by atoms with Crippen molar-refractivity contribution in [2.24, 2.45) is 7.05 Å². The fourth-order valence-corrected chi connectivity index (χ4v) is 3.07. The van der Waals surface area contributed by atoms with Crippen molar-refractivity contribution in [3.8, 4) is 11.4 Å². The van der Waals surface area contributed by atoms with E-state index < -0.39 is 0 Å². The molecule has 116 valence electrons. The summed E-state index contributed by atoms with van der Waals surface area (Å²) in [6.07, 6.45) is 4.84. The molecule has 0 spiro atoms. The molecule has 22 heavy (non-hydrogen) atoms. The predicted molar refractivity (Wildman–Crippen MR) is 83.0 cm³/mol. The molecule has 6 nitrogen and oxygen atoms in total. The Bertz CT molecular complexity index is 694. The molecule has 0 bridgehead atoms. The molecule has 3 rings (SSSR count). The van der Waals surface area contributed by atoms with E-state index in [2.05, 4.69) is 10.1 Å². The van der Waals surface area contributed by atoms with E-state index in [1.807, 2.05) is 31.0 Å². The SMILES string of the molecule is CC(=O)N1CCCC[C@H]1c1nc(C)cc(-c2ccnn2C)n1. The zero-order valence-electron chi connectivity index (χ0n) is 13.3. The van der Waals surface area contributed by atoms with E-state index in [0.29, 0.717) is 0 Å². The molecule has 1 fully saturated rings. The van der Waals surface area contributed by atoms with Gasteiger partial charge >= 0.3 is 0 Å². The molecule has 0 radical (unpaired) electrons. The van der Waals surface area contributed by atoms with Gasteiger partial charge in [-0.2, -0.15) is 5.10 Å². The molecule has 0 N–H and O–H groups in total. The van der Waals surface area contributed by atoms with Gasteiger partial charge in [0.05, 0.1) is 17.4 Å². The second-order valence-corrected chi connectivity index (χ2v) is 5.82. The van der Waals surface area contributed by atoms with Crippen LogP contribution in [0.25, 0.3) is 11.4 Å². The maximum Gasteiger partial charge on any atom is 0.220 e. The minimum Gasteiger partial charge on any atom is -0.333 e. The predicted octanol–water partition coefficient (Wildman–Crippen LogP) is 2.26. The van der Waals surface area contributed by atoms with Gasteiger partial charge in [0.25, 0.3) is 0 Å². The lowest BCUT2D eigenvalue weighted by molar-refractivity contribution is -0.132. The molecule has 6 heteroatoms. The summed E-state index contributed by atoms with van der Waals surface area (Å²) < 4.78 is 1.80. The van der Waals surface area contributed by atoms with Crippen LogP contribution >= 0.6 is 0 Å². The van der Waals surface area contributed by atoms with Gasteiger partial charge in [0, 0.05) is 32.4 Å². The number of amides is 1. The number of carbonyl (C=O) groups is 1. The van der Waals surface area contributed by atoms with E-state index in [1.165, 1.54) is 0 Å². The van der Waals surface area contributed by atoms with Crippen LogP contribution in [0.5, 0.6) is 0 Å². The van der Waals surface area contributed by atoms with E-state index in [1.54, 1.807) is 17.8 Å². The summed E-state index contributed by atoms with van der Waals surface area (Å²) in [4.78, 5) is 23.1. The Morgan fingerprint density at radius 3 is 2.82 bits per heavy atom. The summed E-state index contributed by atoms with van der Waals surface area (Å²) in [6.45, 7) is 4.38. The molecule has 1 aliphatic heterocycles. The van der Waals surface area contributed by atoms with Crippen molar-refractivity contribution in [3.05, 3.63) is 29.8 Å². The monoisotopic (exact) mass is 299 g/mol. The van der Waals surface area contributed by atoms with Crippen LogP contribution in [0.4, 0.5) is 0 Å². The summed E-state index contributed by atoms with van der Waals surface area (Å²) >= 11 is 0. The van der Waals surface area contributed by atoms with E-state index in [4.69, 9.17) is 4.98 Å². The van der Waals surface area contributed by atoms with E-state index in [0.717, 1.165) is 48.7 Å². The zero-order valence-corrected chi connectivity index (χ0v) is 13.3. The van der Waals surface area contributed by atoms with Crippen LogP contribution in [-0.4, -0.2) is 37.1 Å². The molecular weight excluding hydrogens is 278 g/mol. The molecule has 3 heterocycles. The van der Waals surface area contributed by atoms with Gasteiger partial charge < -0.3 is 4.90 Å². The number of hydrogen-bond donors (Lipinski definition) is 0. The molecule has 1 aliphatic rings. The zero-order chi connectivity index (χ0) is 15.7. The van der Waals surface area contributed by atoms with Gasteiger partial charge in [0.1, 0.15) is 0 Å². The summed E-state index contributed by atoms with van der Waals surface area (Å²) in [5.41, 5.74) is 2.73. The smallest absolute Gasteiger partial charge is 0.220 e. The first-order chi connectivity index (χ1) is 10.6. The fraction of sp³-hybridized carbons (Fsp3) is 0.500. The van der Waals surface area contributed by atoms with E-state index in [-0.39, 0.29) is 11.9 Å². The topological polar surface area (TPSA) is 63.9 Å². The van der Waals surface area contributed by atoms with Crippen molar-refractivity contribution in [1.29, 1.82) is 0 Å². The highest BCUT2D eigenvalue weighted by molar-refractivity contribution is 5.73. The standard InChI is InChI=1S/C16H21N5O/c1-11-10-13(14-7-8-17-20(14)3)19-16(18-11)15-6-4-5-9-21(15)12(2)22/h7-8,10,15H,4-6,9H2,1-3H3/t15-/m0/s1. The molecule has 0 aliphatic carbocycles. The third kappa shape index (κ3) is 2.73. The van der Waals surface area contributed by atoms with Crippen molar-refractivity contribution in [1.82, 2.24) is 24.6 Å². The second-order valence-electron chi connectivity index (χ2n) is 5.82. The number of rotatable bonds is 2. The maximum atomic E-state index is 11.9. The summed E-state index contributed by atoms with van der Waals surface area (Å²) in [6, 6.07) is 3.88. The second kappa shape index (κ2) is 5.87. The Kier molecular flexibility index (Phi) is 3.92. The molecule has 0 saturated carbocycles. The number of aromatic nitrogens is 4. The van der Waals surface area contributed by atoms with Crippen molar-refractivity contribution in [2.75, 3.05) is 6.54 Å². The maximum absolute atomic E-state index is 11.9. The summed E-state index contributed by atoms with van der Waals surface area (Å²) in [7, 11) is 1.90. The third-order valence-corrected chi connectivity index (χ3v) is 4.16. The average Bonchev–Trinajstić information content (AvgIpc) is 2.92. The lowest BCUT2D eigenvalue weighted by atomic mass is 10.0. The molecule has 1 atom stereocenters. The van der Waals surface area contributed by atoms with Gasteiger partial charge in [-0.15, -0.1) is 0 Å². The van der Waals surface area contributed by atoms with Crippen LogP contribution in [0, 0.1) is 6.92 Å². The highest BCUT2D eigenvalue weighted by Gasteiger charge is 2.28. The van der Waals surface area contributed by atoms with Crippen LogP contribution in [-0.2, 0) is 11.8 Å². The number of nitrogens with zero attached hydrogens (tertiary/aromatic N) is 5. The third-order valence-electron chi connectivity index (χ3n) is 4.16.